The van der Waals surface area contributed by atoms with Crippen LogP contribution < -0.4 is 0 Å². The van der Waals surface area contributed by atoms with Gasteiger partial charge in [0.25, 0.3) is 0 Å². The second-order valence-electron chi connectivity index (χ2n) is 3.95. The van der Waals surface area contributed by atoms with Gasteiger partial charge in [0.15, 0.2) is 0 Å². The van der Waals surface area contributed by atoms with Crippen LogP contribution >= 0.6 is 0 Å². The Morgan fingerprint density at radius 2 is 2.23 bits per heavy atom. The highest BCUT2D eigenvalue weighted by atomic mass is 15.2. The fraction of sp³-hybridized carbons (Fsp3) is 0.727. The molecule has 0 aromatic rings. The third-order valence-electron chi connectivity index (χ3n) is 3.10. The van der Waals surface area contributed by atoms with Gasteiger partial charge >= 0.3 is 0 Å². The summed E-state index contributed by atoms with van der Waals surface area (Å²) in [4.78, 5) is 2.37. The maximum Gasteiger partial charge on any atom is 0.0983 e. The lowest BCUT2D eigenvalue weighted by Gasteiger charge is -2.29. The minimum Gasteiger partial charge on any atom is -0.282 e. The van der Waals surface area contributed by atoms with Gasteiger partial charge in [-0.1, -0.05) is 12.2 Å². The molecule has 2 aliphatic rings. The minimum absolute atomic E-state index is 0.188. The predicted molar refractivity (Wildman–Crippen MR) is 52.1 cm³/mol. The normalized spacial score (nSPS) is 34.7. The number of nitrogens with zero attached hydrogens (tertiary/aromatic N) is 2. The average molecular weight is 176 g/mol. The van der Waals surface area contributed by atoms with E-state index in [-0.39, 0.29) is 6.04 Å². The summed E-state index contributed by atoms with van der Waals surface area (Å²) in [5, 5.41) is 8.95. The van der Waals surface area contributed by atoms with Crippen LogP contribution in [0.3, 0.4) is 0 Å². The molecule has 70 valence electrons. The van der Waals surface area contributed by atoms with E-state index < -0.39 is 0 Å². The van der Waals surface area contributed by atoms with Gasteiger partial charge < -0.3 is 0 Å². The first-order chi connectivity index (χ1) is 6.42. The van der Waals surface area contributed by atoms with E-state index in [0.717, 1.165) is 13.0 Å². The van der Waals surface area contributed by atoms with Crippen LogP contribution in [0.15, 0.2) is 12.2 Å². The number of hydrogen-bond acceptors (Lipinski definition) is 2. The average Bonchev–Trinajstić information content (AvgIpc) is 2.67. The van der Waals surface area contributed by atoms with E-state index in [9.17, 15) is 0 Å². The molecule has 0 spiro atoms. The molecule has 2 heteroatoms. The molecular formula is C11H16N2. The Bertz CT molecular complexity index is 239. The van der Waals surface area contributed by atoms with E-state index in [4.69, 9.17) is 5.26 Å². The maximum atomic E-state index is 8.95. The lowest BCUT2D eigenvalue weighted by Crippen LogP contribution is -2.37. The summed E-state index contributed by atoms with van der Waals surface area (Å²) in [6.07, 6.45) is 10.6. The monoisotopic (exact) mass is 176 g/mol. The first kappa shape index (κ1) is 8.77. The number of rotatable bonds is 1. The van der Waals surface area contributed by atoms with Crippen LogP contribution in [0.1, 0.15) is 32.1 Å². The summed E-state index contributed by atoms with van der Waals surface area (Å²) in [5.74, 6) is 0. The summed E-state index contributed by atoms with van der Waals surface area (Å²) in [6, 6.07) is 3.15. The van der Waals surface area contributed by atoms with Gasteiger partial charge in [-0.25, -0.2) is 0 Å². The van der Waals surface area contributed by atoms with Crippen molar-refractivity contribution in [1.29, 1.82) is 5.26 Å². The first-order valence-electron chi connectivity index (χ1n) is 5.24. The molecule has 2 nitrogen and oxygen atoms in total. The molecule has 0 bridgehead atoms. The Hall–Kier alpha value is -0.810. The molecule has 13 heavy (non-hydrogen) atoms. The number of allylic oxidation sites excluding steroid dienone is 1. The van der Waals surface area contributed by atoms with E-state index >= 15 is 0 Å². The van der Waals surface area contributed by atoms with Crippen LogP contribution in [0, 0.1) is 11.3 Å². The van der Waals surface area contributed by atoms with Crippen LogP contribution in [-0.4, -0.2) is 23.5 Å². The molecular weight excluding hydrogens is 160 g/mol. The summed E-state index contributed by atoms with van der Waals surface area (Å²) >= 11 is 0. The molecule has 0 amide bonds. The Kier molecular flexibility index (Phi) is 2.65. The maximum absolute atomic E-state index is 8.95. The molecule has 1 aliphatic heterocycles. The summed E-state index contributed by atoms with van der Waals surface area (Å²) in [6.45, 7) is 1.12. The smallest absolute Gasteiger partial charge is 0.0983 e. The fourth-order valence-electron chi connectivity index (χ4n) is 2.40. The zero-order valence-electron chi connectivity index (χ0n) is 7.95. The minimum atomic E-state index is 0.188. The van der Waals surface area contributed by atoms with E-state index in [1.807, 2.05) is 0 Å². The molecule has 2 unspecified atom stereocenters. The molecule has 0 N–H and O–H groups in total. The van der Waals surface area contributed by atoms with Crippen molar-refractivity contribution in [2.45, 2.75) is 44.2 Å². The van der Waals surface area contributed by atoms with Gasteiger partial charge in [-0.3, -0.25) is 4.90 Å². The Morgan fingerprint density at radius 1 is 1.31 bits per heavy atom. The molecule has 1 heterocycles. The highest BCUT2D eigenvalue weighted by molar-refractivity contribution is 5.06. The summed E-state index contributed by atoms with van der Waals surface area (Å²) in [7, 11) is 0. The summed E-state index contributed by atoms with van der Waals surface area (Å²) < 4.78 is 0. The zero-order chi connectivity index (χ0) is 9.10. The van der Waals surface area contributed by atoms with E-state index in [2.05, 4.69) is 23.1 Å². The molecule has 2 rings (SSSR count). The lowest BCUT2D eigenvalue weighted by molar-refractivity contribution is 0.228. The largest absolute Gasteiger partial charge is 0.282 e. The second kappa shape index (κ2) is 3.93. The van der Waals surface area contributed by atoms with Crippen molar-refractivity contribution in [3.8, 4) is 6.07 Å². The number of nitriles is 1. The number of likely N-dealkylation sites (tertiary alicyclic amines) is 1. The second-order valence-corrected chi connectivity index (χ2v) is 3.95. The third-order valence-corrected chi connectivity index (χ3v) is 3.10. The Morgan fingerprint density at radius 3 is 2.92 bits per heavy atom. The molecule has 0 aromatic heterocycles. The first-order valence-corrected chi connectivity index (χ1v) is 5.24. The molecule has 0 aromatic carbocycles. The van der Waals surface area contributed by atoms with Crippen LogP contribution in [-0.2, 0) is 0 Å². The van der Waals surface area contributed by atoms with Crippen molar-refractivity contribution in [2.75, 3.05) is 6.54 Å². The van der Waals surface area contributed by atoms with Crippen molar-refractivity contribution in [3.63, 3.8) is 0 Å². The molecule has 1 fully saturated rings. The van der Waals surface area contributed by atoms with E-state index in [1.54, 1.807) is 0 Å². The van der Waals surface area contributed by atoms with Crippen LogP contribution in [0.25, 0.3) is 0 Å². The van der Waals surface area contributed by atoms with Crippen molar-refractivity contribution in [2.24, 2.45) is 0 Å². The van der Waals surface area contributed by atoms with Crippen molar-refractivity contribution in [1.82, 2.24) is 4.90 Å². The van der Waals surface area contributed by atoms with Crippen LogP contribution in [0.4, 0.5) is 0 Å². The van der Waals surface area contributed by atoms with E-state index in [1.165, 1.54) is 25.7 Å². The van der Waals surface area contributed by atoms with Crippen molar-refractivity contribution in [3.05, 3.63) is 12.2 Å². The number of hydrogen-bond donors (Lipinski definition) is 0. The third kappa shape index (κ3) is 1.76. The molecule has 0 radical (unpaired) electrons. The van der Waals surface area contributed by atoms with Crippen LogP contribution in [0.5, 0.6) is 0 Å². The SMILES string of the molecule is N#CC1CCCN1C1C=CCCC1. The van der Waals surface area contributed by atoms with Gasteiger partial charge in [0, 0.05) is 12.6 Å². The van der Waals surface area contributed by atoms with Gasteiger partial charge in [-0.15, -0.1) is 0 Å². The van der Waals surface area contributed by atoms with E-state index in [0.29, 0.717) is 6.04 Å². The van der Waals surface area contributed by atoms with Gasteiger partial charge in [-0.2, -0.15) is 5.26 Å². The van der Waals surface area contributed by atoms with Gasteiger partial charge in [0.2, 0.25) is 0 Å². The summed E-state index contributed by atoms with van der Waals surface area (Å²) in [5.41, 5.74) is 0. The van der Waals surface area contributed by atoms with Gasteiger partial charge in [0.05, 0.1) is 12.1 Å². The molecule has 0 saturated carbocycles. The quantitative estimate of drug-likeness (QED) is 0.572. The zero-order valence-corrected chi connectivity index (χ0v) is 7.95. The van der Waals surface area contributed by atoms with Crippen molar-refractivity contribution >= 4 is 0 Å². The highest BCUT2D eigenvalue weighted by Crippen LogP contribution is 2.25. The lowest BCUT2D eigenvalue weighted by atomic mass is 10.0. The fourth-order valence-corrected chi connectivity index (χ4v) is 2.40. The predicted octanol–water partition coefficient (Wildman–Crippen LogP) is 2.08. The molecule has 1 aliphatic carbocycles. The van der Waals surface area contributed by atoms with Crippen molar-refractivity contribution < 1.29 is 0 Å². The highest BCUT2D eigenvalue weighted by Gasteiger charge is 2.29. The standard InChI is InChI=1S/C11H16N2/c12-9-11-7-4-8-13(11)10-5-2-1-3-6-10/h2,5,10-11H,1,3-4,6-8H2. The Balaban J connectivity index is 2.03. The van der Waals surface area contributed by atoms with Crippen LogP contribution in [0.2, 0.25) is 0 Å². The van der Waals surface area contributed by atoms with Gasteiger partial charge in [-0.05, 0) is 32.1 Å². The topological polar surface area (TPSA) is 27.0 Å². The molecule has 1 saturated heterocycles. The Labute approximate surface area is 79.8 Å². The molecule has 2 atom stereocenters. The van der Waals surface area contributed by atoms with Gasteiger partial charge in [0.1, 0.15) is 0 Å².